The fourth-order valence-electron chi connectivity index (χ4n) is 3.96. The second-order valence-corrected chi connectivity index (χ2v) is 7.23. The van der Waals surface area contributed by atoms with Gasteiger partial charge in [-0.15, -0.1) is 10.2 Å². The van der Waals surface area contributed by atoms with E-state index in [0.29, 0.717) is 36.8 Å². The van der Waals surface area contributed by atoms with E-state index in [1.807, 2.05) is 6.92 Å². The average molecular weight is 343 g/mol. The first-order valence-electron chi connectivity index (χ1n) is 8.85. The van der Waals surface area contributed by atoms with E-state index in [4.69, 9.17) is 13.9 Å². The normalized spacial score (nSPS) is 28.8. The first-order valence-corrected chi connectivity index (χ1v) is 8.85. The Labute approximate surface area is 145 Å². The minimum atomic E-state index is -0.271. The van der Waals surface area contributed by atoms with Crippen LogP contribution in [0.5, 0.6) is 5.88 Å². The summed E-state index contributed by atoms with van der Waals surface area (Å²) in [7, 11) is 0. The fourth-order valence-corrected chi connectivity index (χ4v) is 3.96. The molecule has 2 saturated heterocycles. The summed E-state index contributed by atoms with van der Waals surface area (Å²) in [6, 6.07) is 0. The van der Waals surface area contributed by atoms with E-state index in [1.165, 1.54) is 6.42 Å². The van der Waals surface area contributed by atoms with Crippen LogP contribution in [0.2, 0.25) is 0 Å². The Morgan fingerprint density at radius 3 is 2.88 bits per heavy atom. The van der Waals surface area contributed by atoms with Crippen LogP contribution in [0.1, 0.15) is 31.0 Å². The molecule has 0 N–H and O–H groups in total. The SMILES string of the molecule is Cc1nnc([C@@]23COC[C@@H]2CN(c2nccnc2OC2CCC2)C3)o1. The van der Waals surface area contributed by atoms with E-state index in [-0.39, 0.29) is 11.5 Å². The number of hydrogen-bond acceptors (Lipinski definition) is 8. The van der Waals surface area contributed by atoms with Crippen LogP contribution in [0.3, 0.4) is 0 Å². The lowest BCUT2D eigenvalue weighted by Gasteiger charge is -2.28. The highest BCUT2D eigenvalue weighted by molar-refractivity contribution is 5.51. The van der Waals surface area contributed by atoms with Crippen molar-refractivity contribution in [3.63, 3.8) is 0 Å². The molecule has 1 saturated carbocycles. The quantitative estimate of drug-likeness (QED) is 0.825. The molecule has 3 fully saturated rings. The summed E-state index contributed by atoms with van der Waals surface area (Å²) in [5, 5.41) is 8.31. The first kappa shape index (κ1) is 15.1. The van der Waals surface area contributed by atoms with Crippen molar-refractivity contribution in [3.8, 4) is 5.88 Å². The van der Waals surface area contributed by atoms with Gasteiger partial charge in [0.1, 0.15) is 6.10 Å². The van der Waals surface area contributed by atoms with E-state index in [1.54, 1.807) is 12.4 Å². The van der Waals surface area contributed by atoms with Gasteiger partial charge < -0.3 is 18.8 Å². The Morgan fingerprint density at radius 2 is 2.12 bits per heavy atom. The second-order valence-electron chi connectivity index (χ2n) is 7.23. The molecule has 0 bridgehead atoms. The van der Waals surface area contributed by atoms with E-state index >= 15 is 0 Å². The Bertz CT molecular complexity index is 777. The molecule has 0 aromatic carbocycles. The van der Waals surface area contributed by atoms with Crippen molar-refractivity contribution in [2.45, 2.75) is 37.7 Å². The highest BCUT2D eigenvalue weighted by Crippen LogP contribution is 2.45. The van der Waals surface area contributed by atoms with Crippen LogP contribution in [0.4, 0.5) is 5.82 Å². The lowest BCUT2D eigenvalue weighted by Crippen LogP contribution is -2.36. The van der Waals surface area contributed by atoms with E-state index in [9.17, 15) is 0 Å². The molecular weight excluding hydrogens is 322 g/mol. The van der Waals surface area contributed by atoms with Gasteiger partial charge in [0.15, 0.2) is 5.82 Å². The minimum absolute atomic E-state index is 0.271. The molecule has 25 heavy (non-hydrogen) atoms. The Morgan fingerprint density at radius 1 is 1.24 bits per heavy atom. The third-order valence-corrected chi connectivity index (χ3v) is 5.60. The first-order chi connectivity index (χ1) is 12.2. The van der Waals surface area contributed by atoms with Crippen LogP contribution in [0, 0.1) is 12.8 Å². The molecule has 0 radical (unpaired) electrons. The molecule has 0 unspecified atom stereocenters. The number of rotatable bonds is 4. The van der Waals surface area contributed by atoms with Gasteiger partial charge in [-0.1, -0.05) is 0 Å². The van der Waals surface area contributed by atoms with Crippen LogP contribution in [0.15, 0.2) is 16.8 Å². The zero-order valence-corrected chi connectivity index (χ0v) is 14.2. The fraction of sp³-hybridized carbons (Fsp3) is 0.647. The van der Waals surface area contributed by atoms with Crippen molar-refractivity contribution < 1.29 is 13.9 Å². The lowest BCUT2D eigenvalue weighted by atomic mass is 9.81. The number of fused-ring (bicyclic) bond motifs is 1. The van der Waals surface area contributed by atoms with Gasteiger partial charge in [-0.05, 0) is 19.3 Å². The molecule has 3 aliphatic rings. The van der Waals surface area contributed by atoms with Crippen molar-refractivity contribution in [3.05, 3.63) is 24.2 Å². The van der Waals surface area contributed by atoms with Gasteiger partial charge in [-0.25, -0.2) is 9.97 Å². The molecule has 2 aromatic heterocycles. The zero-order chi connectivity index (χ0) is 16.9. The minimum Gasteiger partial charge on any atom is -0.472 e. The molecule has 4 heterocycles. The summed E-state index contributed by atoms with van der Waals surface area (Å²) in [6.07, 6.45) is 7.10. The van der Waals surface area contributed by atoms with Crippen molar-refractivity contribution in [2.24, 2.45) is 5.92 Å². The molecule has 8 nitrogen and oxygen atoms in total. The summed E-state index contributed by atoms with van der Waals surface area (Å²) < 4.78 is 17.6. The molecule has 5 rings (SSSR count). The van der Waals surface area contributed by atoms with Gasteiger partial charge >= 0.3 is 0 Å². The van der Waals surface area contributed by atoms with Gasteiger partial charge in [0.25, 0.3) is 5.88 Å². The number of hydrogen-bond donors (Lipinski definition) is 0. The van der Waals surface area contributed by atoms with E-state index in [0.717, 1.165) is 31.7 Å². The van der Waals surface area contributed by atoms with Crippen LogP contribution in [-0.2, 0) is 10.2 Å². The maximum Gasteiger partial charge on any atom is 0.257 e. The summed E-state index contributed by atoms with van der Waals surface area (Å²) in [6.45, 7) is 4.64. The van der Waals surface area contributed by atoms with Gasteiger partial charge in [-0.2, -0.15) is 0 Å². The molecule has 132 valence electrons. The summed E-state index contributed by atoms with van der Waals surface area (Å²) in [4.78, 5) is 11.2. The Hall–Kier alpha value is -2.22. The summed E-state index contributed by atoms with van der Waals surface area (Å²) in [5.74, 6) is 2.98. The van der Waals surface area contributed by atoms with Gasteiger partial charge in [0.2, 0.25) is 11.8 Å². The number of aryl methyl sites for hydroxylation is 1. The average Bonchev–Trinajstić information content (AvgIpc) is 3.25. The molecule has 1 aliphatic carbocycles. The van der Waals surface area contributed by atoms with Gasteiger partial charge in [0, 0.05) is 38.3 Å². The van der Waals surface area contributed by atoms with Crippen molar-refractivity contribution >= 4 is 5.82 Å². The van der Waals surface area contributed by atoms with Gasteiger partial charge in [0.05, 0.1) is 18.6 Å². The topological polar surface area (TPSA) is 86.4 Å². The van der Waals surface area contributed by atoms with Crippen LogP contribution < -0.4 is 9.64 Å². The predicted octanol–water partition coefficient (Wildman–Crippen LogP) is 1.50. The Kier molecular flexibility index (Phi) is 3.41. The highest BCUT2D eigenvalue weighted by Gasteiger charge is 2.56. The van der Waals surface area contributed by atoms with Crippen LogP contribution in [-0.4, -0.2) is 52.6 Å². The smallest absolute Gasteiger partial charge is 0.257 e. The lowest BCUT2D eigenvalue weighted by molar-refractivity contribution is 0.114. The summed E-state index contributed by atoms with van der Waals surface area (Å²) >= 11 is 0. The van der Waals surface area contributed by atoms with Gasteiger partial charge in [-0.3, -0.25) is 0 Å². The third kappa shape index (κ3) is 2.38. The standard InChI is InChI=1S/C17H21N5O3/c1-11-20-21-16(24-11)17-9-22(7-12(17)8-23-10-17)14-15(19-6-5-18-14)25-13-3-2-4-13/h5-6,12-13H,2-4,7-10H2,1H3/t12-,17-/m0/s1. The molecule has 2 aliphatic heterocycles. The monoisotopic (exact) mass is 343 g/mol. The van der Waals surface area contributed by atoms with E-state index < -0.39 is 0 Å². The van der Waals surface area contributed by atoms with Crippen molar-refractivity contribution in [1.29, 1.82) is 0 Å². The molecule has 8 heteroatoms. The molecule has 0 amide bonds. The number of aromatic nitrogens is 4. The Balaban J connectivity index is 1.45. The number of anilines is 1. The third-order valence-electron chi connectivity index (χ3n) is 5.60. The van der Waals surface area contributed by atoms with Crippen LogP contribution in [0.25, 0.3) is 0 Å². The molecule has 0 spiro atoms. The molecule has 2 aromatic rings. The zero-order valence-electron chi connectivity index (χ0n) is 14.2. The number of nitrogens with zero attached hydrogens (tertiary/aromatic N) is 5. The second kappa shape index (κ2) is 5.66. The number of ether oxygens (including phenoxy) is 2. The highest BCUT2D eigenvalue weighted by atomic mass is 16.5. The molecule has 2 atom stereocenters. The summed E-state index contributed by atoms with van der Waals surface area (Å²) in [5.41, 5.74) is -0.271. The van der Waals surface area contributed by atoms with Crippen molar-refractivity contribution in [1.82, 2.24) is 20.2 Å². The predicted molar refractivity (Wildman–Crippen MR) is 87.5 cm³/mol. The molecular formula is C17H21N5O3. The maximum absolute atomic E-state index is 6.06. The largest absolute Gasteiger partial charge is 0.472 e. The van der Waals surface area contributed by atoms with Crippen LogP contribution >= 0.6 is 0 Å². The van der Waals surface area contributed by atoms with E-state index in [2.05, 4.69) is 25.1 Å². The van der Waals surface area contributed by atoms with Crippen molar-refractivity contribution in [2.75, 3.05) is 31.2 Å². The maximum atomic E-state index is 6.06.